The van der Waals surface area contributed by atoms with Crippen molar-refractivity contribution in [1.82, 2.24) is 10.0 Å². The summed E-state index contributed by atoms with van der Waals surface area (Å²) in [4.78, 5) is 1.04. The van der Waals surface area contributed by atoms with Gasteiger partial charge in [-0.05, 0) is 51.4 Å². The van der Waals surface area contributed by atoms with E-state index in [4.69, 9.17) is 0 Å². The fraction of sp³-hybridized carbons (Fsp3) is 0.636. The van der Waals surface area contributed by atoms with Gasteiger partial charge < -0.3 is 5.32 Å². The van der Waals surface area contributed by atoms with Crippen LogP contribution in [0.5, 0.6) is 0 Å². The Bertz CT molecular complexity index is 493. The van der Waals surface area contributed by atoms with Crippen molar-refractivity contribution in [3.05, 3.63) is 16.5 Å². The molecular weight excluding hydrogens is 292 g/mol. The molecule has 0 radical (unpaired) electrons. The second-order valence-corrected chi connectivity index (χ2v) is 7.64. The third-order valence-corrected chi connectivity index (χ3v) is 6.21. The lowest BCUT2D eigenvalue weighted by molar-refractivity contribution is 0.427. The molecule has 0 amide bonds. The summed E-state index contributed by atoms with van der Waals surface area (Å²) in [5.74, 6) is 0. The highest BCUT2D eigenvalue weighted by atomic mass is 35.5. The first-order valence-electron chi connectivity index (χ1n) is 5.79. The topological polar surface area (TPSA) is 58.2 Å². The monoisotopic (exact) mass is 310 g/mol. The van der Waals surface area contributed by atoms with E-state index in [1.54, 1.807) is 0 Å². The Kier molecular flexibility index (Phi) is 5.61. The van der Waals surface area contributed by atoms with Crippen molar-refractivity contribution in [2.24, 2.45) is 0 Å². The molecule has 2 rings (SSSR count). The number of piperidine rings is 1. The van der Waals surface area contributed by atoms with E-state index in [9.17, 15) is 8.42 Å². The molecule has 2 heterocycles. The Labute approximate surface area is 119 Å². The Balaban J connectivity index is 0.00000162. The van der Waals surface area contributed by atoms with E-state index in [2.05, 4.69) is 10.0 Å². The molecule has 7 heteroatoms. The summed E-state index contributed by atoms with van der Waals surface area (Å²) in [6.45, 7) is 5.55. The lowest BCUT2D eigenvalue weighted by atomic mass is 10.1. The van der Waals surface area contributed by atoms with Crippen molar-refractivity contribution < 1.29 is 8.42 Å². The average molecular weight is 311 g/mol. The Morgan fingerprint density at radius 1 is 1.33 bits per heavy atom. The highest BCUT2D eigenvalue weighted by Crippen LogP contribution is 2.26. The first-order chi connectivity index (χ1) is 7.99. The van der Waals surface area contributed by atoms with Crippen LogP contribution in [0.1, 0.15) is 23.3 Å². The van der Waals surface area contributed by atoms with Crippen LogP contribution in [0.15, 0.2) is 10.3 Å². The summed E-state index contributed by atoms with van der Waals surface area (Å²) in [5, 5.41) is 3.22. The number of sulfonamides is 1. The van der Waals surface area contributed by atoms with Crippen LogP contribution >= 0.6 is 23.7 Å². The zero-order valence-corrected chi connectivity index (χ0v) is 13.0. The average Bonchev–Trinajstić information content (AvgIpc) is 2.59. The van der Waals surface area contributed by atoms with Gasteiger partial charge in [-0.3, -0.25) is 0 Å². The van der Waals surface area contributed by atoms with E-state index in [-0.39, 0.29) is 18.4 Å². The molecule has 0 unspecified atom stereocenters. The second-order valence-electron chi connectivity index (χ2n) is 4.47. The minimum Gasteiger partial charge on any atom is -0.317 e. The van der Waals surface area contributed by atoms with Crippen molar-refractivity contribution >= 4 is 33.8 Å². The van der Waals surface area contributed by atoms with Crippen LogP contribution in [0.25, 0.3) is 0 Å². The van der Waals surface area contributed by atoms with Gasteiger partial charge in [0.15, 0.2) is 0 Å². The summed E-state index contributed by atoms with van der Waals surface area (Å²) >= 11 is 1.34. The number of rotatable bonds is 3. The van der Waals surface area contributed by atoms with Gasteiger partial charge in [0, 0.05) is 10.9 Å². The number of aryl methyl sites for hydroxylation is 2. The number of nitrogens with one attached hydrogen (secondary N) is 2. The number of thiophene rings is 1. The lowest BCUT2D eigenvalue weighted by Crippen LogP contribution is -2.42. The Hall–Kier alpha value is -0.140. The molecule has 0 aliphatic carbocycles. The van der Waals surface area contributed by atoms with Crippen LogP contribution in [-0.4, -0.2) is 27.5 Å². The molecule has 4 nitrogen and oxygen atoms in total. The maximum Gasteiger partial charge on any atom is 0.250 e. The smallest absolute Gasteiger partial charge is 0.250 e. The molecule has 1 fully saturated rings. The molecule has 0 spiro atoms. The molecule has 0 saturated carbocycles. The first kappa shape index (κ1) is 15.9. The Morgan fingerprint density at radius 2 is 1.94 bits per heavy atom. The molecule has 0 bridgehead atoms. The molecule has 1 aromatic heterocycles. The van der Waals surface area contributed by atoms with Gasteiger partial charge in [0.2, 0.25) is 0 Å². The van der Waals surface area contributed by atoms with Gasteiger partial charge in [-0.2, -0.15) is 0 Å². The summed E-state index contributed by atoms with van der Waals surface area (Å²) in [5.41, 5.74) is 0.842. The minimum atomic E-state index is -3.33. The van der Waals surface area contributed by atoms with Crippen molar-refractivity contribution in [3.8, 4) is 0 Å². The van der Waals surface area contributed by atoms with Gasteiger partial charge in [-0.15, -0.1) is 23.7 Å². The molecule has 0 aromatic carbocycles. The van der Waals surface area contributed by atoms with Gasteiger partial charge in [0.1, 0.15) is 4.21 Å². The summed E-state index contributed by atoms with van der Waals surface area (Å²) in [6, 6.07) is 1.99. The molecular formula is C11H19ClN2O2S2. The van der Waals surface area contributed by atoms with Crippen LogP contribution in [-0.2, 0) is 10.0 Å². The van der Waals surface area contributed by atoms with Crippen LogP contribution in [0.4, 0.5) is 0 Å². The molecule has 104 valence electrons. The maximum absolute atomic E-state index is 12.2. The predicted molar refractivity (Wildman–Crippen MR) is 77.3 cm³/mol. The lowest BCUT2D eigenvalue weighted by Gasteiger charge is -2.23. The van der Waals surface area contributed by atoms with Crippen molar-refractivity contribution in [2.75, 3.05) is 13.1 Å². The zero-order valence-electron chi connectivity index (χ0n) is 10.5. The molecule has 1 aliphatic heterocycles. The van der Waals surface area contributed by atoms with E-state index in [0.29, 0.717) is 4.21 Å². The third kappa shape index (κ3) is 3.68. The van der Waals surface area contributed by atoms with Crippen LogP contribution in [0.3, 0.4) is 0 Å². The van der Waals surface area contributed by atoms with E-state index in [1.165, 1.54) is 11.3 Å². The second kappa shape index (κ2) is 6.34. The first-order valence-corrected chi connectivity index (χ1v) is 8.09. The normalized spacial score (nSPS) is 17.4. The Morgan fingerprint density at radius 3 is 2.44 bits per heavy atom. The van der Waals surface area contributed by atoms with Gasteiger partial charge in [0.25, 0.3) is 10.0 Å². The van der Waals surface area contributed by atoms with Gasteiger partial charge in [-0.25, -0.2) is 13.1 Å². The largest absolute Gasteiger partial charge is 0.317 e. The van der Waals surface area contributed by atoms with E-state index < -0.39 is 10.0 Å². The van der Waals surface area contributed by atoms with Crippen LogP contribution in [0, 0.1) is 13.8 Å². The van der Waals surface area contributed by atoms with E-state index in [1.807, 2.05) is 19.9 Å². The fourth-order valence-corrected chi connectivity index (χ4v) is 5.09. The van der Waals surface area contributed by atoms with Gasteiger partial charge in [-0.1, -0.05) is 0 Å². The quantitative estimate of drug-likeness (QED) is 0.895. The molecule has 1 saturated heterocycles. The van der Waals surface area contributed by atoms with Crippen molar-refractivity contribution in [3.63, 3.8) is 0 Å². The van der Waals surface area contributed by atoms with Crippen LogP contribution in [0.2, 0.25) is 0 Å². The van der Waals surface area contributed by atoms with Gasteiger partial charge in [0.05, 0.1) is 0 Å². The maximum atomic E-state index is 12.2. The molecule has 0 atom stereocenters. The number of hydrogen-bond acceptors (Lipinski definition) is 4. The predicted octanol–water partition coefficient (Wildman–Crippen LogP) is 1.82. The number of halogens is 1. The van der Waals surface area contributed by atoms with E-state index in [0.717, 1.165) is 36.4 Å². The zero-order chi connectivity index (χ0) is 12.5. The van der Waals surface area contributed by atoms with Crippen LogP contribution < -0.4 is 10.0 Å². The highest BCUT2D eigenvalue weighted by molar-refractivity contribution is 7.91. The standard InChI is InChI=1S/C11H18N2O2S2.ClH/c1-8-7-9(2)16-11(8)17(14,15)13-10-3-5-12-6-4-10;/h7,10,12-13H,3-6H2,1-2H3;1H. The highest BCUT2D eigenvalue weighted by Gasteiger charge is 2.24. The van der Waals surface area contributed by atoms with Crippen molar-refractivity contribution in [2.45, 2.75) is 36.9 Å². The summed E-state index contributed by atoms with van der Waals surface area (Å²) in [7, 11) is -3.33. The summed E-state index contributed by atoms with van der Waals surface area (Å²) in [6.07, 6.45) is 1.73. The van der Waals surface area contributed by atoms with Gasteiger partial charge >= 0.3 is 0 Å². The number of hydrogen-bond donors (Lipinski definition) is 2. The summed E-state index contributed by atoms with van der Waals surface area (Å²) < 4.78 is 27.7. The molecule has 1 aromatic rings. The minimum absolute atomic E-state index is 0. The fourth-order valence-electron chi connectivity index (χ4n) is 2.10. The van der Waals surface area contributed by atoms with Crippen molar-refractivity contribution in [1.29, 1.82) is 0 Å². The third-order valence-electron chi connectivity index (χ3n) is 2.90. The SMILES string of the molecule is Cc1cc(C)c(S(=O)(=O)NC2CCNCC2)s1.Cl. The molecule has 2 N–H and O–H groups in total. The molecule has 1 aliphatic rings. The van der Waals surface area contributed by atoms with E-state index >= 15 is 0 Å². The molecule has 18 heavy (non-hydrogen) atoms.